The number of nitrogens with zero attached hydrogens (tertiary/aromatic N) is 4. The zero-order valence-electron chi connectivity index (χ0n) is 17.4. The van der Waals surface area contributed by atoms with E-state index in [4.69, 9.17) is 21.1 Å². The van der Waals surface area contributed by atoms with Crippen LogP contribution in [0.5, 0.6) is 11.5 Å². The van der Waals surface area contributed by atoms with Gasteiger partial charge in [-0.05, 0) is 42.0 Å². The summed E-state index contributed by atoms with van der Waals surface area (Å²) < 4.78 is 12.5. The fourth-order valence-electron chi connectivity index (χ4n) is 3.50. The number of ether oxygens (including phenoxy) is 2. The molecule has 0 spiro atoms. The van der Waals surface area contributed by atoms with E-state index in [1.54, 1.807) is 24.1 Å². The Morgan fingerprint density at radius 2 is 1.71 bits per heavy atom. The molecular weight excluding hydrogens is 416 g/mol. The van der Waals surface area contributed by atoms with Crippen molar-refractivity contribution >= 4 is 17.5 Å². The normalized spacial score (nSPS) is 14.5. The Labute approximate surface area is 186 Å². The van der Waals surface area contributed by atoms with Crippen molar-refractivity contribution < 1.29 is 14.3 Å². The number of carbonyl (C=O) groups is 1. The highest BCUT2D eigenvalue weighted by Crippen LogP contribution is 2.19. The molecule has 0 saturated carbocycles. The lowest BCUT2D eigenvalue weighted by Crippen LogP contribution is -2.48. The zero-order chi connectivity index (χ0) is 21.6. The molecule has 0 radical (unpaired) electrons. The minimum absolute atomic E-state index is 0.0550. The average molecular weight is 441 g/mol. The van der Waals surface area contributed by atoms with E-state index in [0.29, 0.717) is 24.5 Å². The summed E-state index contributed by atoms with van der Waals surface area (Å²) in [6.45, 7) is 3.96. The maximum absolute atomic E-state index is 12.8. The minimum atomic E-state index is -0.0550. The Bertz CT molecular complexity index is 1010. The SMILES string of the molecule is COc1ccc(OCn2ccc(C(=O)N3CCN(Cc4ccccc4Cl)CC3)n2)cc1. The van der Waals surface area contributed by atoms with E-state index < -0.39 is 0 Å². The maximum Gasteiger partial charge on any atom is 0.274 e. The fourth-order valence-corrected chi connectivity index (χ4v) is 3.69. The van der Waals surface area contributed by atoms with Crippen molar-refractivity contribution in [1.29, 1.82) is 0 Å². The summed E-state index contributed by atoms with van der Waals surface area (Å²) in [6, 6.07) is 16.9. The molecule has 4 rings (SSSR count). The number of aromatic nitrogens is 2. The average Bonchev–Trinajstić information content (AvgIpc) is 3.29. The molecule has 0 N–H and O–H groups in total. The van der Waals surface area contributed by atoms with Gasteiger partial charge in [0.1, 0.15) is 11.5 Å². The van der Waals surface area contributed by atoms with Crippen LogP contribution in [-0.4, -0.2) is 58.8 Å². The van der Waals surface area contributed by atoms with Crippen molar-refractivity contribution in [3.8, 4) is 11.5 Å². The van der Waals surface area contributed by atoms with Crippen molar-refractivity contribution in [2.75, 3.05) is 33.3 Å². The molecule has 1 aliphatic heterocycles. The lowest BCUT2D eigenvalue weighted by atomic mass is 10.2. The second-order valence-corrected chi connectivity index (χ2v) is 7.76. The van der Waals surface area contributed by atoms with Gasteiger partial charge < -0.3 is 14.4 Å². The van der Waals surface area contributed by atoms with E-state index in [0.717, 1.165) is 36.0 Å². The minimum Gasteiger partial charge on any atom is -0.497 e. The third-order valence-corrected chi connectivity index (χ3v) is 5.66. The fraction of sp³-hybridized carbons (Fsp3) is 0.304. The van der Waals surface area contributed by atoms with Crippen LogP contribution in [0.1, 0.15) is 16.1 Å². The second kappa shape index (κ2) is 9.85. The van der Waals surface area contributed by atoms with Crippen LogP contribution in [0.4, 0.5) is 0 Å². The van der Waals surface area contributed by atoms with E-state index in [1.807, 2.05) is 53.4 Å². The standard InChI is InChI=1S/C23H25ClN4O3/c1-30-19-6-8-20(9-7-19)31-17-28-11-10-22(25-28)23(29)27-14-12-26(13-15-27)16-18-4-2-3-5-21(18)24/h2-11H,12-17H2,1H3. The first-order valence-electron chi connectivity index (χ1n) is 10.2. The molecule has 0 bridgehead atoms. The number of halogens is 1. The van der Waals surface area contributed by atoms with E-state index in [-0.39, 0.29) is 12.6 Å². The summed E-state index contributed by atoms with van der Waals surface area (Å²) in [4.78, 5) is 17.0. The molecule has 0 aliphatic carbocycles. The molecule has 1 fully saturated rings. The molecule has 8 heteroatoms. The number of hydrogen-bond donors (Lipinski definition) is 0. The van der Waals surface area contributed by atoms with Gasteiger partial charge in [-0.3, -0.25) is 9.69 Å². The molecule has 1 amide bonds. The van der Waals surface area contributed by atoms with E-state index in [9.17, 15) is 4.79 Å². The van der Waals surface area contributed by atoms with Crippen LogP contribution in [-0.2, 0) is 13.3 Å². The van der Waals surface area contributed by atoms with Gasteiger partial charge in [-0.1, -0.05) is 29.8 Å². The Balaban J connectivity index is 1.27. The number of benzene rings is 2. The Morgan fingerprint density at radius 1 is 1.00 bits per heavy atom. The molecule has 31 heavy (non-hydrogen) atoms. The largest absolute Gasteiger partial charge is 0.497 e. The van der Waals surface area contributed by atoms with Gasteiger partial charge in [-0.2, -0.15) is 5.10 Å². The number of hydrogen-bond acceptors (Lipinski definition) is 5. The molecule has 3 aromatic rings. The number of carbonyl (C=O) groups excluding carboxylic acids is 1. The van der Waals surface area contributed by atoms with Crippen LogP contribution in [0, 0.1) is 0 Å². The van der Waals surface area contributed by atoms with E-state index in [1.165, 1.54) is 0 Å². The molecule has 1 saturated heterocycles. The molecule has 1 aliphatic rings. The third kappa shape index (κ3) is 5.37. The van der Waals surface area contributed by atoms with Crippen molar-refractivity contribution in [1.82, 2.24) is 19.6 Å². The lowest BCUT2D eigenvalue weighted by molar-refractivity contribution is 0.0621. The summed E-state index contributed by atoms with van der Waals surface area (Å²) >= 11 is 6.27. The van der Waals surface area contributed by atoms with Crippen LogP contribution in [0.25, 0.3) is 0 Å². The number of methoxy groups -OCH3 is 1. The predicted molar refractivity (Wildman–Crippen MR) is 118 cm³/mol. The van der Waals surface area contributed by atoms with Crippen LogP contribution in [0.15, 0.2) is 60.8 Å². The molecule has 1 aromatic heterocycles. The van der Waals surface area contributed by atoms with E-state index in [2.05, 4.69) is 10.00 Å². The number of piperazine rings is 1. The summed E-state index contributed by atoms with van der Waals surface area (Å²) in [7, 11) is 1.62. The highest BCUT2D eigenvalue weighted by atomic mass is 35.5. The van der Waals surface area contributed by atoms with Crippen molar-refractivity contribution in [3.05, 3.63) is 77.1 Å². The van der Waals surface area contributed by atoms with E-state index >= 15 is 0 Å². The third-order valence-electron chi connectivity index (χ3n) is 5.29. The molecule has 0 atom stereocenters. The lowest BCUT2D eigenvalue weighted by Gasteiger charge is -2.34. The van der Waals surface area contributed by atoms with Crippen molar-refractivity contribution in [3.63, 3.8) is 0 Å². The Morgan fingerprint density at radius 3 is 2.42 bits per heavy atom. The van der Waals surface area contributed by atoms with Gasteiger partial charge >= 0.3 is 0 Å². The van der Waals surface area contributed by atoms with Crippen LogP contribution >= 0.6 is 11.6 Å². The summed E-state index contributed by atoms with van der Waals surface area (Å²) in [5, 5.41) is 5.16. The van der Waals surface area contributed by atoms with Crippen molar-refractivity contribution in [2.24, 2.45) is 0 Å². The first-order valence-corrected chi connectivity index (χ1v) is 10.6. The second-order valence-electron chi connectivity index (χ2n) is 7.35. The molecular formula is C23H25ClN4O3. The number of amides is 1. The van der Waals surface area contributed by atoms with Crippen molar-refractivity contribution in [2.45, 2.75) is 13.3 Å². The Kier molecular flexibility index (Phi) is 6.74. The monoisotopic (exact) mass is 440 g/mol. The van der Waals surface area contributed by atoms with Gasteiger partial charge in [0, 0.05) is 43.9 Å². The summed E-state index contributed by atoms with van der Waals surface area (Å²) in [5.74, 6) is 1.42. The van der Waals surface area contributed by atoms with Gasteiger partial charge in [0.15, 0.2) is 12.4 Å². The summed E-state index contributed by atoms with van der Waals surface area (Å²) in [5.41, 5.74) is 1.54. The first kappa shape index (κ1) is 21.2. The van der Waals surface area contributed by atoms with Crippen LogP contribution < -0.4 is 9.47 Å². The van der Waals surface area contributed by atoms with Gasteiger partial charge in [0.25, 0.3) is 5.91 Å². The van der Waals surface area contributed by atoms with Crippen LogP contribution in [0.3, 0.4) is 0 Å². The zero-order valence-corrected chi connectivity index (χ0v) is 18.2. The van der Waals surface area contributed by atoms with Gasteiger partial charge in [-0.25, -0.2) is 4.68 Å². The molecule has 0 unspecified atom stereocenters. The smallest absolute Gasteiger partial charge is 0.274 e. The van der Waals surface area contributed by atoms with Gasteiger partial charge in [0.2, 0.25) is 0 Å². The first-order chi connectivity index (χ1) is 15.1. The molecule has 162 valence electrons. The molecule has 2 aromatic carbocycles. The highest BCUT2D eigenvalue weighted by molar-refractivity contribution is 6.31. The maximum atomic E-state index is 12.8. The molecule has 7 nitrogen and oxygen atoms in total. The molecule has 2 heterocycles. The Hall–Kier alpha value is -3.03. The van der Waals surface area contributed by atoms with Gasteiger partial charge in [0.05, 0.1) is 7.11 Å². The summed E-state index contributed by atoms with van der Waals surface area (Å²) in [6.07, 6.45) is 1.75. The highest BCUT2D eigenvalue weighted by Gasteiger charge is 2.24. The topological polar surface area (TPSA) is 59.8 Å². The number of rotatable bonds is 7. The predicted octanol–water partition coefficient (Wildman–Crippen LogP) is 3.54. The van der Waals surface area contributed by atoms with Gasteiger partial charge in [-0.15, -0.1) is 0 Å². The van der Waals surface area contributed by atoms with Crippen LogP contribution in [0.2, 0.25) is 5.02 Å². The quantitative estimate of drug-likeness (QED) is 0.562.